The summed E-state index contributed by atoms with van der Waals surface area (Å²) in [6.45, 7) is 4.89. The van der Waals surface area contributed by atoms with Crippen molar-refractivity contribution in [3.63, 3.8) is 0 Å². The van der Waals surface area contributed by atoms with E-state index in [9.17, 15) is 19.8 Å². The number of esters is 1. The third-order valence-electron chi connectivity index (χ3n) is 14.8. The maximum atomic E-state index is 12.5. The molecule has 0 rings (SSSR count). The van der Waals surface area contributed by atoms with Gasteiger partial charge in [0.05, 0.1) is 25.4 Å². The first-order valence-electron chi connectivity index (χ1n) is 32.4. The van der Waals surface area contributed by atoms with E-state index < -0.39 is 12.1 Å². The fourth-order valence-electron chi connectivity index (χ4n) is 9.84. The SMILES string of the molecule is CCCCC/C=C\CCCCCCCC(=O)OCCCCCCCCCCC/C=C\C/C=C\CCCCCCCCCCCC(=O)NC(CO)C(O)/C=C/CCCCCCCCCCCCCCCCCCC. The first kappa shape index (κ1) is 70.8. The van der Waals surface area contributed by atoms with Crippen molar-refractivity contribution in [3.05, 3.63) is 48.6 Å². The fourth-order valence-corrected chi connectivity index (χ4v) is 9.84. The molecule has 6 heteroatoms. The Morgan fingerprint density at radius 3 is 1.08 bits per heavy atom. The molecule has 0 aliphatic heterocycles. The van der Waals surface area contributed by atoms with Gasteiger partial charge < -0.3 is 20.3 Å². The molecular formula is C67H125NO5. The quantitative estimate of drug-likeness (QED) is 0.0320. The number of aliphatic hydroxyl groups excluding tert-OH is 2. The van der Waals surface area contributed by atoms with Crippen molar-refractivity contribution in [1.82, 2.24) is 5.32 Å². The molecule has 6 nitrogen and oxygen atoms in total. The Morgan fingerprint density at radius 2 is 0.685 bits per heavy atom. The molecule has 0 aromatic carbocycles. The lowest BCUT2D eigenvalue weighted by Crippen LogP contribution is -2.45. The van der Waals surface area contributed by atoms with E-state index in [-0.39, 0.29) is 18.5 Å². The zero-order valence-electron chi connectivity index (χ0n) is 48.9. The Balaban J connectivity index is 3.47. The molecule has 428 valence electrons. The average molecular weight is 1020 g/mol. The zero-order chi connectivity index (χ0) is 52.9. The normalized spacial score (nSPS) is 12.9. The molecule has 0 saturated heterocycles. The van der Waals surface area contributed by atoms with Crippen LogP contribution in [0.15, 0.2) is 48.6 Å². The van der Waals surface area contributed by atoms with Crippen LogP contribution in [0.3, 0.4) is 0 Å². The second kappa shape index (κ2) is 62.4. The highest BCUT2D eigenvalue weighted by Gasteiger charge is 2.18. The summed E-state index contributed by atoms with van der Waals surface area (Å²) in [5, 5.41) is 23.2. The highest BCUT2D eigenvalue weighted by Crippen LogP contribution is 2.17. The Morgan fingerprint density at radius 1 is 0.384 bits per heavy atom. The van der Waals surface area contributed by atoms with Crippen LogP contribution < -0.4 is 5.32 Å². The number of hydrogen-bond donors (Lipinski definition) is 3. The fraction of sp³-hybridized carbons (Fsp3) is 0.851. The van der Waals surface area contributed by atoms with Gasteiger partial charge >= 0.3 is 5.97 Å². The molecule has 1 amide bonds. The van der Waals surface area contributed by atoms with Gasteiger partial charge in [0.15, 0.2) is 0 Å². The number of carbonyl (C=O) groups excluding carboxylic acids is 2. The summed E-state index contributed by atoms with van der Waals surface area (Å²) in [4.78, 5) is 24.5. The standard InChI is InChI=1S/C67H125NO5/c1-3-5-7-9-11-13-15-17-18-19-27-30-33-36-39-43-47-51-55-59-65(70)64(63-69)68-66(71)60-56-52-48-44-40-37-34-31-28-25-23-21-20-22-24-26-29-32-35-38-42-46-50-54-58-62-73-67(72)61-57-53-49-45-41-16-14-12-10-8-6-4-2/h12,14,21-24,55,59,64-65,69-70H,3-11,13,15-20,25-54,56-58,60-63H2,1-2H3,(H,68,71)/b14-12-,23-21-,24-22-,59-55+. The first-order valence-corrected chi connectivity index (χ1v) is 32.4. The molecule has 0 bridgehead atoms. The molecular weight excluding hydrogens is 899 g/mol. The highest BCUT2D eigenvalue weighted by molar-refractivity contribution is 5.76. The number of aliphatic hydroxyl groups is 2. The largest absolute Gasteiger partial charge is 0.466 e. The Bertz CT molecular complexity index is 1230. The smallest absolute Gasteiger partial charge is 0.305 e. The molecule has 73 heavy (non-hydrogen) atoms. The molecule has 2 atom stereocenters. The maximum Gasteiger partial charge on any atom is 0.305 e. The molecule has 0 aromatic heterocycles. The lowest BCUT2D eigenvalue weighted by atomic mass is 10.0. The van der Waals surface area contributed by atoms with E-state index in [2.05, 4.69) is 55.6 Å². The lowest BCUT2D eigenvalue weighted by molar-refractivity contribution is -0.143. The van der Waals surface area contributed by atoms with Gasteiger partial charge in [0.25, 0.3) is 0 Å². The van der Waals surface area contributed by atoms with Gasteiger partial charge in [-0.05, 0) is 89.9 Å². The van der Waals surface area contributed by atoms with Gasteiger partial charge in [-0.25, -0.2) is 0 Å². The Labute approximate surface area is 455 Å². The van der Waals surface area contributed by atoms with Gasteiger partial charge in [0.2, 0.25) is 5.91 Å². The van der Waals surface area contributed by atoms with Crippen LogP contribution in [0.25, 0.3) is 0 Å². The van der Waals surface area contributed by atoms with Gasteiger partial charge in [-0.1, -0.05) is 287 Å². The van der Waals surface area contributed by atoms with Gasteiger partial charge in [0.1, 0.15) is 0 Å². The summed E-state index contributed by atoms with van der Waals surface area (Å²) >= 11 is 0. The molecule has 0 aliphatic rings. The van der Waals surface area contributed by atoms with Gasteiger partial charge in [-0.3, -0.25) is 9.59 Å². The van der Waals surface area contributed by atoms with E-state index >= 15 is 0 Å². The predicted molar refractivity (Wildman–Crippen MR) is 319 cm³/mol. The molecule has 0 aliphatic carbocycles. The van der Waals surface area contributed by atoms with Crippen molar-refractivity contribution >= 4 is 11.9 Å². The zero-order valence-corrected chi connectivity index (χ0v) is 48.9. The Kier molecular flexibility index (Phi) is 60.5. The van der Waals surface area contributed by atoms with E-state index in [4.69, 9.17) is 4.74 Å². The number of nitrogens with one attached hydrogen (secondary N) is 1. The van der Waals surface area contributed by atoms with Crippen molar-refractivity contribution in [1.29, 1.82) is 0 Å². The molecule has 3 N–H and O–H groups in total. The third kappa shape index (κ3) is 58.9. The summed E-state index contributed by atoms with van der Waals surface area (Å²) in [7, 11) is 0. The van der Waals surface area contributed by atoms with Gasteiger partial charge in [0, 0.05) is 12.8 Å². The lowest BCUT2D eigenvalue weighted by Gasteiger charge is -2.20. The minimum absolute atomic E-state index is 0.00175. The summed E-state index contributed by atoms with van der Waals surface area (Å²) in [6, 6.07) is -0.634. The van der Waals surface area contributed by atoms with Crippen molar-refractivity contribution in [2.45, 2.75) is 353 Å². The molecule has 0 radical (unpaired) electrons. The van der Waals surface area contributed by atoms with Crippen molar-refractivity contribution in [2.24, 2.45) is 0 Å². The van der Waals surface area contributed by atoms with Crippen LogP contribution in [0, 0.1) is 0 Å². The van der Waals surface area contributed by atoms with Crippen molar-refractivity contribution in [2.75, 3.05) is 13.2 Å². The summed E-state index contributed by atoms with van der Waals surface area (Å²) in [6.07, 6.45) is 80.2. The summed E-state index contributed by atoms with van der Waals surface area (Å²) < 4.78 is 5.46. The van der Waals surface area contributed by atoms with Crippen LogP contribution in [-0.2, 0) is 14.3 Å². The maximum absolute atomic E-state index is 12.5. The van der Waals surface area contributed by atoms with E-state index in [1.807, 2.05) is 6.08 Å². The number of carbonyl (C=O) groups is 2. The number of unbranched alkanes of at least 4 members (excludes halogenated alkanes) is 43. The van der Waals surface area contributed by atoms with Gasteiger partial charge in [-0.15, -0.1) is 0 Å². The predicted octanol–water partition coefficient (Wildman–Crippen LogP) is 20.5. The molecule has 0 fully saturated rings. The second-order valence-electron chi connectivity index (χ2n) is 22.1. The molecule has 0 saturated carbocycles. The molecule has 0 aromatic rings. The van der Waals surface area contributed by atoms with Crippen LogP contribution in [0.4, 0.5) is 0 Å². The van der Waals surface area contributed by atoms with Crippen LogP contribution in [-0.4, -0.2) is 47.4 Å². The van der Waals surface area contributed by atoms with Crippen LogP contribution >= 0.6 is 0 Å². The topological polar surface area (TPSA) is 95.9 Å². The number of amides is 1. The molecule has 2 unspecified atom stereocenters. The van der Waals surface area contributed by atoms with E-state index in [1.54, 1.807) is 6.08 Å². The Hall–Kier alpha value is -2.18. The summed E-state index contributed by atoms with van der Waals surface area (Å²) in [5.41, 5.74) is 0. The van der Waals surface area contributed by atoms with Crippen LogP contribution in [0.2, 0.25) is 0 Å². The number of hydrogen-bond acceptors (Lipinski definition) is 5. The van der Waals surface area contributed by atoms with Crippen molar-refractivity contribution in [3.8, 4) is 0 Å². The van der Waals surface area contributed by atoms with Crippen molar-refractivity contribution < 1.29 is 24.5 Å². The molecule has 0 spiro atoms. The minimum atomic E-state index is -0.850. The number of ether oxygens (including phenoxy) is 1. The number of allylic oxidation sites excluding steroid dienone is 7. The molecule has 0 heterocycles. The highest BCUT2D eigenvalue weighted by atomic mass is 16.5. The van der Waals surface area contributed by atoms with E-state index in [1.165, 1.54) is 263 Å². The van der Waals surface area contributed by atoms with Crippen LogP contribution in [0.1, 0.15) is 341 Å². The minimum Gasteiger partial charge on any atom is -0.466 e. The van der Waals surface area contributed by atoms with Crippen LogP contribution in [0.5, 0.6) is 0 Å². The summed E-state index contributed by atoms with van der Waals surface area (Å²) in [5.74, 6) is -0.0740. The average Bonchev–Trinajstić information content (AvgIpc) is 3.39. The van der Waals surface area contributed by atoms with E-state index in [0.29, 0.717) is 19.4 Å². The third-order valence-corrected chi connectivity index (χ3v) is 14.8. The first-order chi connectivity index (χ1) is 36.0. The van der Waals surface area contributed by atoms with Gasteiger partial charge in [-0.2, -0.15) is 0 Å². The number of rotatable bonds is 60. The monoisotopic (exact) mass is 1020 g/mol. The van der Waals surface area contributed by atoms with E-state index in [0.717, 1.165) is 51.4 Å². The second-order valence-corrected chi connectivity index (χ2v) is 22.1.